The third kappa shape index (κ3) is 1.37. The Labute approximate surface area is 89.1 Å². The van der Waals surface area contributed by atoms with Crippen molar-refractivity contribution in [2.75, 3.05) is 30.4 Å². The third-order valence-electron chi connectivity index (χ3n) is 3.55. The van der Waals surface area contributed by atoms with E-state index in [1.165, 1.54) is 18.9 Å². The fourth-order valence-electron chi connectivity index (χ4n) is 2.48. The minimum absolute atomic E-state index is 0.125. The summed E-state index contributed by atoms with van der Waals surface area (Å²) in [7, 11) is 1.98. The number of rotatable bonds is 0. The number of nitrogens with zero attached hydrogens (tertiary/aromatic N) is 1. The molecule has 0 bridgehead atoms. The highest BCUT2D eigenvalue weighted by Crippen LogP contribution is 2.49. The Bertz CT molecular complexity index is 399. The third-order valence-corrected chi connectivity index (χ3v) is 3.55. The van der Waals surface area contributed by atoms with E-state index in [-0.39, 0.29) is 5.82 Å². The highest BCUT2D eigenvalue weighted by atomic mass is 19.1. The summed E-state index contributed by atoms with van der Waals surface area (Å²) in [4.78, 5) is 2.05. The van der Waals surface area contributed by atoms with Gasteiger partial charge < -0.3 is 10.2 Å². The smallest absolute Gasteiger partial charge is 0.148 e. The van der Waals surface area contributed by atoms with Gasteiger partial charge in [0.1, 0.15) is 5.82 Å². The molecule has 1 saturated carbocycles. The van der Waals surface area contributed by atoms with Crippen LogP contribution >= 0.6 is 0 Å². The summed E-state index contributed by atoms with van der Waals surface area (Å²) in [6, 6.07) is 5.25. The summed E-state index contributed by atoms with van der Waals surface area (Å²) in [5.41, 5.74) is 2.06. The van der Waals surface area contributed by atoms with Crippen molar-refractivity contribution in [3.63, 3.8) is 0 Å². The molecule has 2 aliphatic rings. The van der Waals surface area contributed by atoms with Gasteiger partial charge in [0.15, 0.2) is 0 Å². The van der Waals surface area contributed by atoms with Crippen LogP contribution in [0.2, 0.25) is 0 Å². The normalized spacial score (nSPS) is 21.9. The van der Waals surface area contributed by atoms with Crippen molar-refractivity contribution in [1.29, 1.82) is 0 Å². The first kappa shape index (κ1) is 9.01. The van der Waals surface area contributed by atoms with Crippen LogP contribution in [0.5, 0.6) is 0 Å². The van der Waals surface area contributed by atoms with Crippen molar-refractivity contribution in [3.8, 4) is 0 Å². The molecule has 1 spiro atoms. The first-order valence-electron chi connectivity index (χ1n) is 5.44. The largest absolute Gasteiger partial charge is 0.383 e. The molecule has 1 N–H and O–H groups in total. The molecular weight excluding hydrogens is 191 g/mol. The lowest BCUT2D eigenvalue weighted by atomic mass is 10.1. The fourth-order valence-corrected chi connectivity index (χ4v) is 2.48. The molecule has 3 rings (SSSR count). The van der Waals surface area contributed by atoms with Crippen molar-refractivity contribution in [1.82, 2.24) is 0 Å². The maximum absolute atomic E-state index is 13.7. The minimum atomic E-state index is -0.125. The van der Waals surface area contributed by atoms with E-state index in [9.17, 15) is 4.39 Å². The lowest BCUT2D eigenvalue weighted by Gasteiger charge is -2.22. The fraction of sp³-hybridized carbons (Fsp3) is 0.500. The van der Waals surface area contributed by atoms with Gasteiger partial charge in [-0.1, -0.05) is 6.07 Å². The van der Waals surface area contributed by atoms with E-state index in [4.69, 9.17) is 0 Å². The minimum Gasteiger partial charge on any atom is -0.383 e. The molecule has 1 fully saturated rings. The summed E-state index contributed by atoms with van der Waals surface area (Å²) >= 11 is 0. The van der Waals surface area contributed by atoms with Crippen LogP contribution < -0.4 is 10.2 Å². The molecule has 80 valence electrons. The van der Waals surface area contributed by atoms with E-state index in [1.54, 1.807) is 6.07 Å². The standard InChI is InChI=1S/C12H15FN2/c1-15-8-12(5-6-12)7-14-10-4-2-3-9(13)11(10)15/h2-4,14H,5-8H2,1H3. The zero-order valence-electron chi connectivity index (χ0n) is 8.89. The van der Waals surface area contributed by atoms with Crippen LogP contribution in [0.3, 0.4) is 0 Å². The second-order valence-electron chi connectivity index (χ2n) is 4.85. The van der Waals surface area contributed by atoms with E-state index >= 15 is 0 Å². The number of anilines is 2. The quantitative estimate of drug-likeness (QED) is 0.701. The molecule has 1 aliphatic heterocycles. The van der Waals surface area contributed by atoms with E-state index in [2.05, 4.69) is 10.2 Å². The average Bonchev–Trinajstić information content (AvgIpc) is 2.96. The zero-order valence-corrected chi connectivity index (χ0v) is 8.89. The van der Waals surface area contributed by atoms with Crippen LogP contribution in [0, 0.1) is 11.2 Å². The molecular formula is C12H15FN2. The van der Waals surface area contributed by atoms with Gasteiger partial charge in [-0.15, -0.1) is 0 Å². The summed E-state index contributed by atoms with van der Waals surface area (Å²) in [6.45, 7) is 1.95. The molecule has 1 aromatic rings. The molecule has 0 amide bonds. The number of halogens is 1. The van der Waals surface area contributed by atoms with Crippen LogP contribution in [0.25, 0.3) is 0 Å². The number of benzene rings is 1. The Morgan fingerprint density at radius 3 is 2.93 bits per heavy atom. The van der Waals surface area contributed by atoms with Crippen LogP contribution in [0.1, 0.15) is 12.8 Å². The average molecular weight is 206 g/mol. The maximum atomic E-state index is 13.7. The highest BCUT2D eigenvalue weighted by Gasteiger charge is 2.45. The lowest BCUT2D eigenvalue weighted by molar-refractivity contribution is 0.543. The summed E-state index contributed by atoms with van der Waals surface area (Å²) < 4.78 is 13.7. The van der Waals surface area contributed by atoms with Gasteiger partial charge >= 0.3 is 0 Å². The van der Waals surface area contributed by atoms with E-state index in [1.807, 2.05) is 13.1 Å². The van der Waals surface area contributed by atoms with Crippen molar-refractivity contribution in [2.24, 2.45) is 5.41 Å². The molecule has 2 nitrogen and oxygen atoms in total. The molecule has 1 aromatic carbocycles. The van der Waals surface area contributed by atoms with Gasteiger partial charge in [-0.2, -0.15) is 0 Å². The SMILES string of the molecule is CN1CC2(CC2)CNc2cccc(F)c21. The van der Waals surface area contributed by atoms with Gasteiger partial charge in [-0.3, -0.25) is 0 Å². The molecule has 1 heterocycles. The summed E-state index contributed by atoms with van der Waals surface area (Å²) in [5.74, 6) is -0.125. The Kier molecular flexibility index (Phi) is 1.73. The van der Waals surface area contributed by atoms with Crippen LogP contribution in [0.15, 0.2) is 18.2 Å². The second kappa shape index (κ2) is 2.87. The van der Waals surface area contributed by atoms with Crippen molar-refractivity contribution < 1.29 is 4.39 Å². The van der Waals surface area contributed by atoms with Crippen LogP contribution in [0.4, 0.5) is 15.8 Å². The van der Waals surface area contributed by atoms with Crippen molar-refractivity contribution in [2.45, 2.75) is 12.8 Å². The first-order chi connectivity index (χ1) is 7.20. The van der Waals surface area contributed by atoms with Crippen molar-refractivity contribution >= 4 is 11.4 Å². The van der Waals surface area contributed by atoms with Crippen LogP contribution in [-0.2, 0) is 0 Å². The Balaban J connectivity index is 2.03. The van der Waals surface area contributed by atoms with Gasteiger partial charge in [-0.05, 0) is 25.0 Å². The Hall–Kier alpha value is -1.25. The predicted octanol–water partition coefficient (Wildman–Crippen LogP) is 2.47. The maximum Gasteiger partial charge on any atom is 0.148 e. The number of fused-ring (bicyclic) bond motifs is 1. The number of para-hydroxylation sites is 1. The second-order valence-corrected chi connectivity index (χ2v) is 4.85. The number of hydrogen-bond donors (Lipinski definition) is 1. The van der Waals surface area contributed by atoms with E-state index in [0.29, 0.717) is 5.41 Å². The molecule has 0 unspecified atom stereocenters. The first-order valence-corrected chi connectivity index (χ1v) is 5.44. The van der Waals surface area contributed by atoms with Crippen LogP contribution in [-0.4, -0.2) is 20.1 Å². The topological polar surface area (TPSA) is 15.3 Å². The summed E-state index contributed by atoms with van der Waals surface area (Å²) in [5, 5.41) is 3.37. The highest BCUT2D eigenvalue weighted by molar-refractivity contribution is 5.71. The molecule has 0 radical (unpaired) electrons. The van der Waals surface area contributed by atoms with Gasteiger partial charge in [-0.25, -0.2) is 4.39 Å². The van der Waals surface area contributed by atoms with Gasteiger partial charge in [0.25, 0.3) is 0 Å². The molecule has 0 saturated heterocycles. The van der Waals surface area contributed by atoms with E-state index in [0.717, 1.165) is 24.5 Å². The van der Waals surface area contributed by atoms with Gasteiger partial charge in [0, 0.05) is 25.6 Å². The molecule has 3 heteroatoms. The van der Waals surface area contributed by atoms with E-state index < -0.39 is 0 Å². The number of nitrogens with one attached hydrogen (secondary N) is 1. The Morgan fingerprint density at radius 1 is 1.40 bits per heavy atom. The van der Waals surface area contributed by atoms with Crippen molar-refractivity contribution in [3.05, 3.63) is 24.0 Å². The van der Waals surface area contributed by atoms with Gasteiger partial charge in [0.05, 0.1) is 11.4 Å². The monoisotopic (exact) mass is 206 g/mol. The summed E-state index contributed by atoms with van der Waals surface area (Å²) in [6.07, 6.45) is 2.53. The predicted molar refractivity (Wildman–Crippen MR) is 59.8 cm³/mol. The molecule has 15 heavy (non-hydrogen) atoms. The number of hydrogen-bond acceptors (Lipinski definition) is 2. The molecule has 1 aliphatic carbocycles. The lowest BCUT2D eigenvalue weighted by Crippen LogP contribution is -2.27. The zero-order chi connectivity index (χ0) is 10.5. The Morgan fingerprint density at radius 2 is 2.20 bits per heavy atom. The van der Waals surface area contributed by atoms with Gasteiger partial charge in [0.2, 0.25) is 0 Å². The molecule has 0 aromatic heterocycles. The molecule has 0 atom stereocenters.